The lowest BCUT2D eigenvalue weighted by Gasteiger charge is -2.16. The third-order valence-corrected chi connectivity index (χ3v) is 5.95. The minimum Gasteiger partial charge on any atom is -0.330 e. The van der Waals surface area contributed by atoms with Gasteiger partial charge in [-0.25, -0.2) is 8.42 Å². The van der Waals surface area contributed by atoms with E-state index in [9.17, 15) is 13.2 Å². The van der Waals surface area contributed by atoms with Crippen LogP contribution in [0.1, 0.15) is 26.2 Å². The Morgan fingerprint density at radius 1 is 1.48 bits per heavy atom. The summed E-state index contributed by atoms with van der Waals surface area (Å²) in [6, 6.07) is 1.68. The van der Waals surface area contributed by atoms with E-state index in [4.69, 9.17) is 5.73 Å². The maximum atomic E-state index is 12.2. The van der Waals surface area contributed by atoms with E-state index in [1.54, 1.807) is 19.2 Å². The number of carbonyl (C=O) groups is 1. The molecule has 0 saturated heterocycles. The lowest BCUT2D eigenvalue weighted by atomic mass is 9.95. The topological polar surface area (TPSA) is 107 Å². The zero-order valence-corrected chi connectivity index (χ0v) is 14.9. The molecule has 0 unspecified atom stereocenters. The highest BCUT2D eigenvalue weighted by atomic mass is 35.5. The Balaban J connectivity index is 0.00000264. The largest absolute Gasteiger partial charge is 0.330 e. The number of hydrogen-bond donors (Lipinski definition) is 2. The van der Waals surface area contributed by atoms with Crippen LogP contribution < -0.4 is 11.1 Å². The van der Waals surface area contributed by atoms with Gasteiger partial charge in [-0.3, -0.25) is 9.48 Å². The first-order valence-electron chi connectivity index (χ1n) is 7.70. The zero-order valence-electron chi connectivity index (χ0n) is 13.3. The number of carbonyl (C=O) groups excluding carboxylic acids is 1. The SMILES string of the molecule is CCS(=O)(=O)CCn1ccc(NC(=O)[C@@H]2CCC[C@@H]2CN)n1.Cl. The molecule has 0 radical (unpaired) electrons. The summed E-state index contributed by atoms with van der Waals surface area (Å²) in [7, 11) is -3.02. The Hall–Kier alpha value is -1.12. The van der Waals surface area contributed by atoms with Gasteiger partial charge >= 0.3 is 0 Å². The van der Waals surface area contributed by atoms with Gasteiger partial charge in [-0.1, -0.05) is 13.3 Å². The zero-order chi connectivity index (χ0) is 16.2. The Morgan fingerprint density at radius 3 is 2.87 bits per heavy atom. The standard InChI is InChI=1S/C14H24N4O3S.ClH/c1-2-22(20,21)9-8-18-7-6-13(17-18)16-14(19)12-5-3-4-11(12)10-15;/h6-7,11-12H,2-5,8-10,15H2,1H3,(H,16,17,19);1H/t11-,12-;/m1./s1. The fraction of sp³-hybridized carbons (Fsp3) is 0.714. The third kappa shape index (κ3) is 5.47. The van der Waals surface area contributed by atoms with Crippen molar-refractivity contribution in [1.82, 2.24) is 9.78 Å². The van der Waals surface area contributed by atoms with Crippen molar-refractivity contribution in [2.75, 3.05) is 23.4 Å². The van der Waals surface area contributed by atoms with Gasteiger partial charge in [0.1, 0.15) is 0 Å². The molecule has 2 rings (SSSR count). The van der Waals surface area contributed by atoms with Gasteiger partial charge in [0.15, 0.2) is 15.7 Å². The number of halogens is 1. The summed E-state index contributed by atoms with van der Waals surface area (Å²) < 4.78 is 24.5. The van der Waals surface area contributed by atoms with E-state index >= 15 is 0 Å². The molecule has 3 N–H and O–H groups in total. The van der Waals surface area contributed by atoms with E-state index in [1.807, 2.05) is 0 Å². The summed E-state index contributed by atoms with van der Waals surface area (Å²) in [6.45, 7) is 2.45. The van der Waals surface area contributed by atoms with E-state index in [2.05, 4.69) is 10.4 Å². The quantitative estimate of drug-likeness (QED) is 0.752. The Bertz CT molecular complexity index is 617. The summed E-state index contributed by atoms with van der Waals surface area (Å²) in [6.07, 6.45) is 4.57. The van der Waals surface area contributed by atoms with Crippen LogP contribution in [-0.4, -0.2) is 42.2 Å². The van der Waals surface area contributed by atoms with Crippen LogP contribution in [0, 0.1) is 11.8 Å². The molecular weight excluding hydrogens is 340 g/mol. The molecule has 132 valence electrons. The van der Waals surface area contributed by atoms with Gasteiger partial charge in [0.25, 0.3) is 0 Å². The molecule has 0 spiro atoms. The van der Waals surface area contributed by atoms with Crippen LogP contribution >= 0.6 is 12.4 Å². The molecule has 0 bridgehead atoms. The lowest BCUT2D eigenvalue weighted by molar-refractivity contribution is -0.120. The van der Waals surface area contributed by atoms with Crippen LogP contribution in [0.5, 0.6) is 0 Å². The lowest BCUT2D eigenvalue weighted by Crippen LogP contribution is -2.29. The molecule has 9 heteroatoms. The highest BCUT2D eigenvalue weighted by molar-refractivity contribution is 7.91. The van der Waals surface area contributed by atoms with Gasteiger partial charge in [-0.15, -0.1) is 12.4 Å². The predicted octanol–water partition coefficient (Wildman–Crippen LogP) is 1.05. The Labute approximate surface area is 143 Å². The van der Waals surface area contributed by atoms with Crippen LogP contribution in [0.3, 0.4) is 0 Å². The number of aryl methyl sites for hydroxylation is 1. The van der Waals surface area contributed by atoms with Crippen molar-refractivity contribution >= 4 is 34.0 Å². The van der Waals surface area contributed by atoms with Gasteiger partial charge in [0.2, 0.25) is 5.91 Å². The minimum atomic E-state index is -3.02. The number of sulfone groups is 1. The van der Waals surface area contributed by atoms with Crippen molar-refractivity contribution < 1.29 is 13.2 Å². The molecule has 23 heavy (non-hydrogen) atoms. The summed E-state index contributed by atoms with van der Waals surface area (Å²) in [5, 5.41) is 7.00. The van der Waals surface area contributed by atoms with Gasteiger partial charge < -0.3 is 11.1 Å². The number of nitrogens with zero attached hydrogens (tertiary/aromatic N) is 2. The number of nitrogens with two attached hydrogens (primary N) is 1. The van der Waals surface area contributed by atoms with Crippen molar-refractivity contribution in [2.45, 2.75) is 32.7 Å². The molecule has 0 aliphatic heterocycles. The van der Waals surface area contributed by atoms with Crippen LogP contribution in [0.4, 0.5) is 5.82 Å². The second-order valence-electron chi connectivity index (χ2n) is 5.72. The van der Waals surface area contributed by atoms with Crippen molar-refractivity contribution in [2.24, 2.45) is 17.6 Å². The normalized spacial score (nSPS) is 21.0. The second kappa shape index (κ2) is 8.65. The van der Waals surface area contributed by atoms with Crippen LogP contribution in [0.2, 0.25) is 0 Å². The fourth-order valence-electron chi connectivity index (χ4n) is 2.81. The molecule has 1 fully saturated rings. The molecule has 2 atom stereocenters. The molecule has 1 aromatic rings. The van der Waals surface area contributed by atoms with Crippen molar-refractivity contribution in [3.05, 3.63) is 12.3 Å². The Kier molecular flexibility index (Phi) is 7.50. The monoisotopic (exact) mass is 364 g/mol. The van der Waals surface area contributed by atoms with Crippen molar-refractivity contribution in [3.63, 3.8) is 0 Å². The third-order valence-electron chi connectivity index (χ3n) is 4.26. The average Bonchev–Trinajstić information content (AvgIpc) is 3.13. The van der Waals surface area contributed by atoms with Crippen LogP contribution in [0.25, 0.3) is 0 Å². The molecule has 1 aromatic heterocycles. The van der Waals surface area contributed by atoms with Crippen LogP contribution in [0.15, 0.2) is 12.3 Å². The number of nitrogens with one attached hydrogen (secondary N) is 1. The fourth-order valence-corrected chi connectivity index (χ4v) is 3.57. The first-order valence-corrected chi connectivity index (χ1v) is 9.52. The van der Waals surface area contributed by atoms with Gasteiger partial charge in [0, 0.05) is 23.9 Å². The first kappa shape index (κ1) is 19.9. The number of amides is 1. The van der Waals surface area contributed by atoms with E-state index in [0.717, 1.165) is 19.3 Å². The Morgan fingerprint density at radius 2 is 2.22 bits per heavy atom. The summed E-state index contributed by atoms with van der Waals surface area (Å²) >= 11 is 0. The number of aromatic nitrogens is 2. The number of rotatable bonds is 7. The van der Waals surface area contributed by atoms with E-state index in [1.165, 1.54) is 4.68 Å². The highest BCUT2D eigenvalue weighted by Gasteiger charge is 2.32. The van der Waals surface area contributed by atoms with E-state index < -0.39 is 9.84 Å². The first-order chi connectivity index (χ1) is 10.4. The molecule has 1 saturated carbocycles. The number of hydrogen-bond acceptors (Lipinski definition) is 5. The maximum absolute atomic E-state index is 12.2. The molecule has 1 aliphatic rings. The molecule has 1 amide bonds. The minimum absolute atomic E-state index is 0. The smallest absolute Gasteiger partial charge is 0.229 e. The highest BCUT2D eigenvalue weighted by Crippen LogP contribution is 2.31. The van der Waals surface area contributed by atoms with Gasteiger partial charge in [-0.05, 0) is 25.3 Å². The van der Waals surface area contributed by atoms with Crippen molar-refractivity contribution in [1.29, 1.82) is 0 Å². The number of anilines is 1. The molecule has 1 aliphatic carbocycles. The summed E-state index contributed by atoms with van der Waals surface area (Å²) in [5.74, 6) is 0.796. The van der Waals surface area contributed by atoms with E-state index in [-0.39, 0.29) is 41.7 Å². The van der Waals surface area contributed by atoms with Gasteiger partial charge in [0.05, 0.1) is 12.3 Å². The van der Waals surface area contributed by atoms with Crippen LogP contribution in [-0.2, 0) is 21.2 Å². The van der Waals surface area contributed by atoms with Gasteiger partial charge in [-0.2, -0.15) is 5.10 Å². The summed E-state index contributed by atoms with van der Waals surface area (Å²) in [4.78, 5) is 12.2. The molecule has 1 heterocycles. The maximum Gasteiger partial charge on any atom is 0.229 e. The molecular formula is C14H25ClN4O3S. The molecule has 7 nitrogen and oxygen atoms in total. The predicted molar refractivity (Wildman–Crippen MR) is 92.3 cm³/mol. The average molecular weight is 365 g/mol. The second-order valence-corrected chi connectivity index (χ2v) is 8.20. The molecule has 0 aromatic carbocycles. The van der Waals surface area contributed by atoms with Crippen molar-refractivity contribution in [3.8, 4) is 0 Å². The van der Waals surface area contributed by atoms with E-state index in [0.29, 0.717) is 18.9 Å². The summed E-state index contributed by atoms with van der Waals surface area (Å²) in [5.41, 5.74) is 5.70.